The second-order valence-electron chi connectivity index (χ2n) is 8.17. The molecule has 4 aromatic rings. The smallest absolute Gasteiger partial charge is 0.348 e. The molecule has 0 unspecified atom stereocenters. The highest BCUT2D eigenvalue weighted by molar-refractivity contribution is 7.99. The average molecular weight is 581 g/mol. The number of nitrogens with zero attached hydrogens (tertiary/aromatic N) is 4. The van der Waals surface area contributed by atoms with E-state index in [1.807, 2.05) is 59.2 Å². The lowest BCUT2D eigenvalue weighted by atomic mass is 10.2. The Morgan fingerprint density at radius 2 is 1.90 bits per heavy atom. The van der Waals surface area contributed by atoms with Gasteiger partial charge in [0.05, 0.1) is 18.7 Å². The lowest BCUT2D eigenvalue weighted by molar-refractivity contribution is -0.115. The van der Waals surface area contributed by atoms with E-state index in [1.165, 1.54) is 11.8 Å². The molecular formula is C27H25ClN6O3S2. The van der Waals surface area contributed by atoms with Crippen molar-refractivity contribution < 1.29 is 14.3 Å². The molecular weight excluding hydrogens is 556 g/mol. The number of thioether (sulfide) groups is 1. The molecule has 2 aromatic heterocycles. The molecule has 0 radical (unpaired) electrons. The number of carbonyl (C=O) groups excluding carboxylic acids is 2. The van der Waals surface area contributed by atoms with Gasteiger partial charge in [0, 0.05) is 28.6 Å². The number of hydrogen-bond acceptors (Lipinski definition) is 9. The van der Waals surface area contributed by atoms with Gasteiger partial charge < -0.3 is 15.4 Å². The predicted octanol–water partition coefficient (Wildman–Crippen LogP) is 6.07. The van der Waals surface area contributed by atoms with Gasteiger partial charge in [-0.25, -0.2) is 4.79 Å². The number of esters is 1. The Balaban J connectivity index is 1.43. The summed E-state index contributed by atoms with van der Waals surface area (Å²) in [7, 11) is 0. The molecule has 0 spiro atoms. The van der Waals surface area contributed by atoms with Crippen molar-refractivity contribution in [3.63, 3.8) is 0 Å². The van der Waals surface area contributed by atoms with Crippen LogP contribution in [0.3, 0.4) is 0 Å². The largest absolute Gasteiger partial charge is 0.462 e. The summed E-state index contributed by atoms with van der Waals surface area (Å²) >= 11 is 8.43. The van der Waals surface area contributed by atoms with Crippen LogP contribution in [0.4, 0.5) is 10.7 Å². The van der Waals surface area contributed by atoms with Gasteiger partial charge in [0.25, 0.3) is 0 Å². The average Bonchev–Trinajstić information content (AvgIpc) is 3.48. The van der Waals surface area contributed by atoms with Gasteiger partial charge in [-0.2, -0.15) is 5.26 Å². The molecule has 4 rings (SSSR count). The number of carbonyl (C=O) groups is 2. The van der Waals surface area contributed by atoms with E-state index in [0.29, 0.717) is 43.7 Å². The van der Waals surface area contributed by atoms with Crippen LogP contribution >= 0.6 is 34.7 Å². The number of benzene rings is 2. The van der Waals surface area contributed by atoms with Crippen molar-refractivity contribution in [3.05, 3.63) is 81.4 Å². The van der Waals surface area contributed by atoms with E-state index in [9.17, 15) is 14.9 Å². The van der Waals surface area contributed by atoms with Crippen molar-refractivity contribution >= 4 is 57.3 Å². The monoisotopic (exact) mass is 580 g/mol. The number of aromatic nitrogens is 3. The molecule has 200 valence electrons. The summed E-state index contributed by atoms with van der Waals surface area (Å²) in [6, 6.07) is 19.2. The Bertz CT molecular complexity index is 1500. The first-order valence-electron chi connectivity index (χ1n) is 12.0. The molecule has 0 aliphatic heterocycles. The lowest BCUT2D eigenvalue weighted by Crippen LogP contribution is -2.12. The van der Waals surface area contributed by atoms with E-state index in [2.05, 4.69) is 26.9 Å². The van der Waals surface area contributed by atoms with Crippen LogP contribution in [-0.4, -0.2) is 39.0 Å². The second kappa shape index (κ2) is 13.3. The van der Waals surface area contributed by atoms with Crippen LogP contribution in [0.15, 0.2) is 59.8 Å². The summed E-state index contributed by atoms with van der Waals surface area (Å²) in [6.45, 7) is 4.04. The van der Waals surface area contributed by atoms with Gasteiger partial charge in [-0.15, -0.1) is 21.5 Å². The minimum atomic E-state index is -0.505. The molecule has 0 fully saturated rings. The normalized spacial score (nSPS) is 10.6. The zero-order valence-corrected chi connectivity index (χ0v) is 23.6. The second-order valence-corrected chi connectivity index (χ2v) is 10.7. The number of para-hydroxylation sites is 1. The first-order chi connectivity index (χ1) is 18.9. The van der Waals surface area contributed by atoms with Gasteiger partial charge in [-0.1, -0.05) is 41.6 Å². The number of nitriles is 1. The third-order valence-corrected chi connectivity index (χ3v) is 7.91. The molecule has 9 nitrogen and oxygen atoms in total. The molecule has 2 N–H and O–H groups in total. The number of nitrogens with one attached hydrogen (secondary N) is 2. The first kappa shape index (κ1) is 28.2. The van der Waals surface area contributed by atoms with Gasteiger partial charge in [-0.05, 0) is 55.8 Å². The number of thiophene rings is 1. The van der Waals surface area contributed by atoms with Crippen LogP contribution in [0.2, 0.25) is 5.02 Å². The van der Waals surface area contributed by atoms with Gasteiger partial charge >= 0.3 is 5.97 Å². The van der Waals surface area contributed by atoms with E-state index < -0.39 is 5.97 Å². The summed E-state index contributed by atoms with van der Waals surface area (Å²) < 4.78 is 7.01. The molecule has 0 aliphatic carbocycles. The quantitative estimate of drug-likeness (QED) is 0.162. The van der Waals surface area contributed by atoms with Gasteiger partial charge in [0.15, 0.2) is 11.0 Å². The Hall–Kier alpha value is -3.85. The van der Waals surface area contributed by atoms with E-state index in [4.69, 9.17) is 16.3 Å². The van der Waals surface area contributed by atoms with Crippen LogP contribution in [0.25, 0.3) is 5.69 Å². The Morgan fingerprint density at radius 3 is 2.59 bits per heavy atom. The Kier molecular flexibility index (Phi) is 9.59. The fraction of sp³-hybridized carbons (Fsp3) is 0.222. The maximum absolute atomic E-state index is 12.7. The van der Waals surface area contributed by atoms with Gasteiger partial charge in [0.2, 0.25) is 5.91 Å². The molecule has 39 heavy (non-hydrogen) atoms. The molecule has 12 heteroatoms. The van der Waals surface area contributed by atoms with E-state index in [1.54, 1.807) is 13.8 Å². The summed E-state index contributed by atoms with van der Waals surface area (Å²) in [6.07, 6.45) is 0.168. The Morgan fingerprint density at radius 1 is 1.15 bits per heavy atom. The fourth-order valence-electron chi connectivity index (χ4n) is 3.65. The van der Waals surface area contributed by atoms with Gasteiger partial charge in [0.1, 0.15) is 15.9 Å². The third-order valence-electron chi connectivity index (χ3n) is 5.54. The summed E-state index contributed by atoms with van der Waals surface area (Å²) in [5, 5.41) is 26.1. The summed E-state index contributed by atoms with van der Waals surface area (Å²) in [4.78, 5) is 25.2. The third kappa shape index (κ3) is 6.97. The van der Waals surface area contributed by atoms with E-state index in [0.717, 1.165) is 22.7 Å². The SMILES string of the molecule is CCOC(=O)c1sc(NC(=O)CCSc2nnc(CNc3ccc(Cl)cc3)n2-c2ccccc2)c(C#N)c1C. The van der Waals surface area contributed by atoms with E-state index >= 15 is 0 Å². The first-order valence-corrected chi connectivity index (χ1v) is 14.2. The van der Waals surface area contributed by atoms with Crippen LogP contribution < -0.4 is 10.6 Å². The minimum Gasteiger partial charge on any atom is -0.462 e. The zero-order chi connectivity index (χ0) is 27.8. The fourth-order valence-corrected chi connectivity index (χ4v) is 5.75. The minimum absolute atomic E-state index is 0.168. The number of hydrogen-bond donors (Lipinski definition) is 2. The maximum atomic E-state index is 12.7. The van der Waals surface area contributed by atoms with Crippen molar-refractivity contribution in [2.24, 2.45) is 0 Å². The van der Waals surface area contributed by atoms with Gasteiger partial charge in [-0.3, -0.25) is 9.36 Å². The molecule has 1 amide bonds. The lowest BCUT2D eigenvalue weighted by Gasteiger charge is -2.11. The van der Waals surface area contributed by atoms with Crippen LogP contribution in [0, 0.1) is 18.3 Å². The molecule has 0 aliphatic rings. The molecule has 2 heterocycles. The van der Waals surface area contributed by atoms with Crippen molar-refractivity contribution in [1.82, 2.24) is 14.8 Å². The number of rotatable bonds is 11. The van der Waals surface area contributed by atoms with E-state index in [-0.39, 0.29) is 24.5 Å². The highest BCUT2D eigenvalue weighted by Crippen LogP contribution is 2.33. The van der Waals surface area contributed by atoms with Crippen molar-refractivity contribution in [2.45, 2.75) is 32.0 Å². The summed E-state index contributed by atoms with van der Waals surface area (Å²) in [5.74, 6) is 0.362. The molecule has 0 saturated heterocycles. The zero-order valence-electron chi connectivity index (χ0n) is 21.2. The number of ether oxygens (including phenoxy) is 1. The predicted molar refractivity (Wildman–Crippen MR) is 154 cm³/mol. The topological polar surface area (TPSA) is 122 Å². The molecule has 0 bridgehead atoms. The molecule has 0 saturated carbocycles. The van der Waals surface area contributed by atoms with Crippen molar-refractivity contribution in [2.75, 3.05) is 23.0 Å². The van der Waals surface area contributed by atoms with Crippen molar-refractivity contribution in [1.29, 1.82) is 5.26 Å². The number of halogens is 1. The van der Waals surface area contributed by atoms with Crippen molar-refractivity contribution in [3.8, 4) is 11.8 Å². The Labute approximate surface area is 239 Å². The maximum Gasteiger partial charge on any atom is 0.348 e. The molecule has 0 atom stereocenters. The molecule has 2 aromatic carbocycles. The number of amides is 1. The number of anilines is 2. The standard InChI is InChI=1S/C27H25ClN6O3S2/c1-3-37-26(36)24-17(2)21(15-29)25(39-24)31-23(35)13-14-38-27-33-32-22(34(27)20-7-5-4-6-8-20)16-30-19-11-9-18(28)10-12-19/h4-12,30H,3,13-14,16H2,1-2H3,(H,31,35). The van der Waals surface area contributed by atoms with Crippen LogP contribution in [0.1, 0.15) is 40.0 Å². The van der Waals surface area contributed by atoms with Crippen LogP contribution in [0.5, 0.6) is 0 Å². The highest BCUT2D eigenvalue weighted by Gasteiger charge is 2.22. The summed E-state index contributed by atoms with van der Waals surface area (Å²) in [5.41, 5.74) is 2.58. The van der Waals surface area contributed by atoms with Crippen LogP contribution in [-0.2, 0) is 16.1 Å². The highest BCUT2D eigenvalue weighted by atomic mass is 35.5.